The Morgan fingerprint density at radius 3 is 2.44 bits per heavy atom. The third-order valence-corrected chi connectivity index (χ3v) is 2.69. The zero-order chi connectivity index (χ0) is 13.1. The largest absolute Gasteiger partial charge is 0.508 e. The fraction of sp³-hybridized carbons (Fsp3) is 0.500. The van der Waals surface area contributed by atoms with Crippen molar-refractivity contribution in [3.63, 3.8) is 0 Å². The lowest BCUT2D eigenvalue weighted by molar-refractivity contribution is -0.184. The second-order valence-corrected chi connectivity index (χ2v) is 4.30. The Balaban J connectivity index is 2.03. The van der Waals surface area contributed by atoms with Gasteiger partial charge in [0.15, 0.2) is 0 Å². The van der Waals surface area contributed by atoms with Gasteiger partial charge in [-0.25, -0.2) is 0 Å². The highest BCUT2D eigenvalue weighted by atomic mass is 16.7. The summed E-state index contributed by atoms with van der Waals surface area (Å²) in [4.78, 5) is 0. The van der Waals surface area contributed by atoms with E-state index in [-0.39, 0.29) is 30.3 Å². The quantitative estimate of drug-likeness (QED) is 0.622. The second kappa shape index (κ2) is 5.43. The van der Waals surface area contributed by atoms with Crippen molar-refractivity contribution >= 4 is 0 Å². The van der Waals surface area contributed by atoms with Crippen molar-refractivity contribution in [3.05, 3.63) is 18.2 Å². The van der Waals surface area contributed by atoms with E-state index in [4.69, 9.17) is 14.6 Å². The highest BCUT2D eigenvalue weighted by Gasteiger charge is 2.29. The Bertz CT molecular complexity index is 387. The van der Waals surface area contributed by atoms with Gasteiger partial charge in [-0.1, -0.05) is 0 Å². The zero-order valence-corrected chi connectivity index (χ0v) is 9.69. The van der Waals surface area contributed by atoms with Crippen LogP contribution in [0.1, 0.15) is 12.8 Å². The van der Waals surface area contributed by atoms with Crippen molar-refractivity contribution in [3.8, 4) is 17.2 Å². The van der Waals surface area contributed by atoms with Gasteiger partial charge in [-0.2, -0.15) is 0 Å². The van der Waals surface area contributed by atoms with Crippen molar-refractivity contribution in [1.29, 1.82) is 0 Å². The number of hydrogen-bond donors (Lipinski definition) is 4. The van der Waals surface area contributed by atoms with Crippen molar-refractivity contribution in [1.82, 2.24) is 0 Å². The van der Waals surface area contributed by atoms with Crippen LogP contribution in [0.25, 0.3) is 0 Å². The molecule has 1 fully saturated rings. The minimum Gasteiger partial charge on any atom is -0.508 e. The number of phenols is 2. The summed E-state index contributed by atoms with van der Waals surface area (Å²) < 4.78 is 10.8. The average Bonchev–Trinajstić information content (AvgIpc) is 2.26. The number of benzene rings is 1. The first kappa shape index (κ1) is 12.9. The van der Waals surface area contributed by atoms with Crippen molar-refractivity contribution in [2.75, 3.05) is 6.61 Å². The molecule has 1 saturated heterocycles. The van der Waals surface area contributed by atoms with Gasteiger partial charge < -0.3 is 29.9 Å². The van der Waals surface area contributed by atoms with Gasteiger partial charge in [0, 0.05) is 31.0 Å². The molecule has 0 aromatic heterocycles. The Hall–Kier alpha value is -1.50. The maximum absolute atomic E-state index is 9.60. The molecule has 2 rings (SSSR count). The van der Waals surface area contributed by atoms with Crippen LogP contribution in [0.4, 0.5) is 0 Å². The molecule has 0 spiro atoms. The first-order chi connectivity index (χ1) is 8.56. The molecule has 0 saturated carbocycles. The number of aliphatic hydroxyl groups excluding tert-OH is 2. The van der Waals surface area contributed by atoms with Crippen LogP contribution < -0.4 is 4.74 Å². The van der Waals surface area contributed by atoms with Crippen LogP contribution in [0.5, 0.6) is 17.2 Å². The normalized spacial score (nSPS) is 28.0. The Labute approximate surface area is 104 Å². The van der Waals surface area contributed by atoms with Crippen LogP contribution in [-0.4, -0.2) is 45.5 Å². The van der Waals surface area contributed by atoms with Crippen molar-refractivity contribution in [2.24, 2.45) is 0 Å². The number of rotatable bonds is 3. The van der Waals surface area contributed by atoms with Gasteiger partial charge in [0.05, 0.1) is 18.8 Å². The van der Waals surface area contributed by atoms with E-state index in [0.717, 1.165) is 0 Å². The van der Waals surface area contributed by atoms with Gasteiger partial charge in [0.1, 0.15) is 17.2 Å². The zero-order valence-electron chi connectivity index (χ0n) is 9.69. The molecule has 6 nitrogen and oxygen atoms in total. The summed E-state index contributed by atoms with van der Waals surface area (Å²) in [6.45, 7) is -0.192. The molecule has 1 aromatic rings. The maximum atomic E-state index is 9.60. The summed E-state index contributed by atoms with van der Waals surface area (Å²) >= 11 is 0. The lowest BCUT2D eigenvalue weighted by atomic mass is 10.1. The molecule has 3 atom stereocenters. The molecular formula is C12H16O6. The molecule has 6 heteroatoms. The van der Waals surface area contributed by atoms with Crippen molar-refractivity contribution in [2.45, 2.75) is 31.3 Å². The van der Waals surface area contributed by atoms with E-state index < -0.39 is 18.5 Å². The smallest absolute Gasteiger partial charge is 0.202 e. The number of aliphatic hydroxyl groups is 2. The third kappa shape index (κ3) is 3.25. The fourth-order valence-electron chi connectivity index (χ4n) is 1.93. The van der Waals surface area contributed by atoms with Crippen LogP contribution in [0, 0.1) is 0 Å². The topological polar surface area (TPSA) is 99.4 Å². The molecule has 1 aliphatic rings. The molecule has 1 aliphatic heterocycles. The SMILES string of the molecule is OC[C@@H]1CC(O)CC(Oc2cc(O)cc(O)c2)O1. The van der Waals surface area contributed by atoms with E-state index in [1.165, 1.54) is 18.2 Å². The van der Waals surface area contributed by atoms with Gasteiger partial charge >= 0.3 is 0 Å². The van der Waals surface area contributed by atoms with Crippen LogP contribution in [0.15, 0.2) is 18.2 Å². The summed E-state index contributed by atoms with van der Waals surface area (Å²) in [5.74, 6) is -0.0107. The molecule has 2 unspecified atom stereocenters. The van der Waals surface area contributed by atoms with Gasteiger partial charge in [0.25, 0.3) is 0 Å². The van der Waals surface area contributed by atoms with E-state index in [1.54, 1.807) is 0 Å². The number of hydrogen-bond acceptors (Lipinski definition) is 6. The molecule has 4 N–H and O–H groups in total. The van der Waals surface area contributed by atoms with Crippen LogP contribution in [-0.2, 0) is 4.74 Å². The van der Waals surface area contributed by atoms with E-state index in [1.807, 2.05) is 0 Å². The van der Waals surface area contributed by atoms with Gasteiger partial charge in [-0.15, -0.1) is 0 Å². The highest BCUT2D eigenvalue weighted by Crippen LogP contribution is 2.29. The molecule has 0 radical (unpaired) electrons. The summed E-state index contributed by atoms with van der Waals surface area (Å²) in [5.41, 5.74) is 0. The Kier molecular flexibility index (Phi) is 3.90. The fourth-order valence-corrected chi connectivity index (χ4v) is 1.93. The van der Waals surface area contributed by atoms with E-state index >= 15 is 0 Å². The summed E-state index contributed by atoms with van der Waals surface area (Å²) in [6.07, 6.45) is -1.15. The van der Waals surface area contributed by atoms with E-state index in [0.29, 0.717) is 6.42 Å². The van der Waals surface area contributed by atoms with Crippen LogP contribution >= 0.6 is 0 Å². The predicted molar refractivity (Wildman–Crippen MR) is 61.4 cm³/mol. The lowest BCUT2D eigenvalue weighted by Gasteiger charge is -2.32. The second-order valence-electron chi connectivity index (χ2n) is 4.30. The molecule has 0 amide bonds. The first-order valence-corrected chi connectivity index (χ1v) is 5.71. The molecule has 100 valence electrons. The minimum atomic E-state index is -0.716. The molecule has 0 aliphatic carbocycles. The Morgan fingerprint density at radius 2 is 1.83 bits per heavy atom. The molecular weight excluding hydrogens is 240 g/mol. The lowest BCUT2D eigenvalue weighted by Crippen LogP contribution is -2.40. The summed E-state index contributed by atoms with van der Waals surface area (Å²) in [7, 11) is 0. The minimum absolute atomic E-state index is 0.125. The number of ether oxygens (including phenoxy) is 2. The number of aromatic hydroxyl groups is 2. The average molecular weight is 256 g/mol. The van der Waals surface area contributed by atoms with Gasteiger partial charge in [-0.05, 0) is 0 Å². The maximum Gasteiger partial charge on any atom is 0.202 e. The number of phenolic OH excluding ortho intramolecular Hbond substituents is 2. The van der Waals surface area contributed by atoms with Crippen LogP contribution in [0.3, 0.4) is 0 Å². The highest BCUT2D eigenvalue weighted by molar-refractivity contribution is 5.40. The van der Waals surface area contributed by atoms with Gasteiger partial charge in [0.2, 0.25) is 6.29 Å². The molecule has 1 aromatic carbocycles. The van der Waals surface area contributed by atoms with Gasteiger partial charge in [-0.3, -0.25) is 0 Å². The van der Waals surface area contributed by atoms with E-state index in [9.17, 15) is 15.3 Å². The van der Waals surface area contributed by atoms with Crippen LogP contribution in [0.2, 0.25) is 0 Å². The Morgan fingerprint density at radius 1 is 1.17 bits per heavy atom. The predicted octanol–water partition coefficient (Wildman–Crippen LogP) is 0.335. The monoisotopic (exact) mass is 256 g/mol. The van der Waals surface area contributed by atoms with E-state index in [2.05, 4.69) is 0 Å². The molecule has 18 heavy (non-hydrogen) atoms. The standard InChI is InChI=1S/C12H16O6/c13-6-11-4-9(16)5-12(18-11)17-10-2-7(14)1-8(15)3-10/h1-3,9,11-16H,4-6H2/t9?,11-,12?/m0/s1. The summed E-state index contributed by atoms with van der Waals surface area (Å²) in [5, 5.41) is 37.2. The third-order valence-electron chi connectivity index (χ3n) is 2.69. The summed E-state index contributed by atoms with van der Waals surface area (Å²) in [6, 6.07) is 3.84. The molecule has 1 heterocycles. The van der Waals surface area contributed by atoms with Crippen molar-refractivity contribution < 1.29 is 29.9 Å². The molecule has 0 bridgehead atoms. The first-order valence-electron chi connectivity index (χ1n) is 5.71.